The molecule has 66 heavy (non-hydrogen) atoms. The molecular weight excluding hydrogens is 853 g/mol. The molecule has 382 valence electrons. The topological polar surface area (TPSA) is 231 Å². The van der Waals surface area contributed by atoms with Crippen molar-refractivity contribution in [2.24, 2.45) is 0 Å². The number of carbonyl (C=O) groups is 2. The standard InChI is InChI=1S/C51H88O15/c1-3-5-7-9-11-13-15-17-18-19-20-22-24-26-28-30-32-34-43(54)64-39(36-61-42(53)33-31-29-27-25-23-21-16-14-12-10-8-6-4-2)37-62-50-49(60)47(58)45(56)41(66-50)38-63-51-48(59)46(57)44(55)40(35-52)65-51/h14,16-18,20,22,26,28,39-41,44-52,55-60H,3-13,15,19,21,23-25,27,29-38H2,1-2H3/b16-14+,18-17+,22-20+,28-26+/t39-,40+,41+,44-,45-,46?,47?,48?,49?,50+,51+/m1/s1. The Balaban J connectivity index is 1.85. The van der Waals surface area contributed by atoms with Crippen LogP contribution in [0.2, 0.25) is 0 Å². The summed E-state index contributed by atoms with van der Waals surface area (Å²) in [5.41, 5.74) is 0. The summed E-state index contributed by atoms with van der Waals surface area (Å²) in [6.45, 7) is 2.49. The first-order chi connectivity index (χ1) is 32.0. The van der Waals surface area contributed by atoms with Gasteiger partial charge in [0.05, 0.1) is 19.8 Å². The number of carbonyl (C=O) groups excluding carboxylic acids is 2. The lowest BCUT2D eigenvalue weighted by Gasteiger charge is -2.42. The highest BCUT2D eigenvalue weighted by Crippen LogP contribution is 2.26. The molecule has 0 spiro atoms. The van der Waals surface area contributed by atoms with Gasteiger partial charge in [0.15, 0.2) is 18.7 Å². The zero-order valence-corrected chi connectivity index (χ0v) is 40.2. The summed E-state index contributed by atoms with van der Waals surface area (Å²) >= 11 is 0. The Morgan fingerprint density at radius 3 is 1.50 bits per heavy atom. The fraction of sp³-hybridized carbons (Fsp3) is 0.804. The SMILES string of the molecule is CCCCCC/C=C/CCCCCCCC(=O)OC[C@H](CO[C@H]1O[C@@H](CO[C@H]2O[C@@H](CO)[C@@H](O)C(O)C2O)[C@@H](O)C(O)C1O)OC(=O)CCC/C=C/C/C=C/C/C=C/CCCCCCCC. The molecule has 2 rings (SSSR count). The lowest BCUT2D eigenvalue weighted by atomic mass is 9.98. The summed E-state index contributed by atoms with van der Waals surface area (Å²) < 4.78 is 33.5. The number of hydrogen-bond donors (Lipinski definition) is 7. The number of allylic oxidation sites excluding steroid dienone is 8. The van der Waals surface area contributed by atoms with E-state index in [1.54, 1.807) is 0 Å². The average Bonchev–Trinajstić information content (AvgIpc) is 3.31. The Hall–Kier alpha value is -2.54. The first-order valence-corrected chi connectivity index (χ1v) is 25.2. The molecule has 2 aliphatic rings. The molecular formula is C51H88O15. The Morgan fingerprint density at radius 1 is 0.485 bits per heavy atom. The number of esters is 2. The molecule has 0 bridgehead atoms. The van der Waals surface area contributed by atoms with Crippen LogP contribution < -0.4 is 0 Å². The summed E-state index contributed by atoms with van der Waals surface area (Å²) in [6.07, 6.45) is 24.4. The van der Waals surface area contributed by atoms with Crippen LogP contribution >= 0.6 is 0 Å². The van der Waals surface area contributed by atoms with Crippen LogP contribution in [-0.4, -0.2) is 142 Å². The highest BCUT2D eigenvalue weighted by molar-refractivity contribution is 5.70. The summed E-state index contributed by atoms with van der Waals surface area (Å²) in [5, 5.41) is 72.0. The fourth-order valence-electron chi connectivity index (χ4n) is 7.58. The average molecular weight is 941 g/mol. The van der Waals surface area contributed by atoms with E-state index in [4.69, 9.17) is 28.4 Å². The van der Waals surface area contributed by atoms with Crippen LogP contribution in [0.5, 0.6) is 0 Å². The normalized spacial score (nSPS) is 26.6. The van der Waals surface area contributed by atoms with E-state index in [1.165, 1.54) is 64.2 Å². The number of unbranched alkanes of at least 4 members (excludes halogenated alkanes) is 16. The molecule has 0 aromatic rings. The Morgan fingerprint density at radius 2 is 0.924 bits per heavy atom. The predicted molar refractivity (Wildman–Crippen MR) is 252 cm³/mol. The van der Waals surface area contributed by atoms with Crippen LogP contribution in [0.4, 0.5) is 0 Å². The van der Waals surface area contributed by atoms with Crippen LogP contribution in [0.25, 0.3) is 0 Å². The molecule has 11 atom stereocenters. The van der Waals surface area contributed by atoms with Gasteiger partial charge in [-0.2, -0.15) is 0 Å². The monoisotopic (exact) mass is 941 g/mol. The number of aliphatic hydroxyl groups excluding tert-OH is 7. The molecule has 0 amide bonds. The van der Waals surface area contributed by atoms with Gasteiger partial charge in [-0.25, -0.2) is 0 Å². The quantitative estimate of drug-likeness (QED) is 0.0194. The molecule has 0 aromatic heterocycles. The van der Waals surface area contributed by atoms with Gasteiger partial charge >= 0.3 is 11.9 Å². The summed E-state index contributed by atoms with van der Waals surface area (Å²) in [7, 11) is 0. The van der Waals surface area contributed by atoms with E-state index in [0.29, 0.717) is 19.3 Å². The second kappa shape index (κ2) is 38.3. The Kier molecular flexibility index (Phi) is 34.6. The third-order valence-electron chi connectivity index (χ3n) is 11.8. The summed E-state index contributed by atoms with van der Waals surface area (Å²) in [5.74, 6) is -0.998. The zero-order chi connectivity index (χ0) is 48.2. The van der Waals surface area contributed by atoms with E-state index in [-0.39, 0.29) is 19.4 Å². The van der Waals surface area contributed by atoms with E-state index < -0.39 is 99.3 Å². The van der Waals surface area contributed by atoms with Gasteiger partial charge in [0.25, 0.3) is 0 Å². The van der Waals surface area contributed by atoms with Crippen LogP contribution in [0.1, 0.15) is 168 Å². The van der Waals surface area contributed by atoms with Gasteiger partial charge in [-0.15, -0.1) is 0 Å². The van der Waals surface area contributed by atoms with Crippen LogP contribution in [0.15, 0.2) is 48.6 Å². The molecule has 2 aliphatic heterocycles. The second-order valence-corrected chi connectivity index (χ2v) is 17.6. The Bertz CT molecular complexity index is 1340. The molecule has 15 nitrogen and oxygen atoms in total. The molecule has 2 fully saturated rings. The third kappa shape index (κ3) is 26.3. The number of hydrogen-bond acceptors (Lipinski definition) is 15. The largest absolute Gasteiger partial charge is 0.462 e. The molecule has 4 unspecified atom stereocenters. The van der Waals surface area contributed by atoms with Crippen molar-refractivity contribution in [3.05, 3.63) is 48.6 Å². The van der Waals surface area contributed by atoms with E-state index in [9.17, 15) is 45.3 Å². The van der Waals surface area contributed by atoms with E-state index in [1.807, 2.05) is 6.08 Å². The van der Waals surface area contributed by atoms with Crippen molar-refractivity contribution in [2.45, 2.75) is 235 Å². The van der Waals surface area contributed by atoms with Crippen molar-refractivity contribution in [3.8, 4) is 0 Å². The van der Waals surface area contributed by atoms with Crippen LogP contribution in [-0.2, 0) is 38.0 Å². The van der Waals surface area contributed by atoms with Crippen molar-refractivity contribution < 1.29 is 73.8 Å². The molecule has 7 N–H and O–H groups in total. The maximum Gasteiger partial charge on any atom is 0.306 e. The van der Waals surface area contributed by atoms with Crippen molar-refractivity contribution in [3.63, 3.8) is 0 Å². The van der Waals surface area contributed by atoms with Gasteiger partial charge in [-0.05, 0) is 70.6 Å². The van der Waals surface area contributed by atoms with Gasteiger partial charge in [0, 0.05) is 12.8 Å². The smallest absolute Gasteiger partial charge is 0.306 e. The lowest BCUT2D eigenvalue weighted by molar-refractivity contribution is -0.332. The first-order valence-electron chi connectivity index (χ1n) is 25.2. The van der Waals surface area contributed by atoms with E-state index in [2.05, 4.69) is 56.4 Å². The van der Waals surface area contributed by atoms with Gasteiger partial charge in [0.1, 0.15) is 55.4 Å². The summed E-state index contributed by atoms with van der Waals surface area (Å²) in [6, 6.07) is 0. The van der Waals surface area contributed by atoms with Crippen molar-refractivity contribution in [2.75, 3.05) is 26.4 Å². The van der Waals surface area contributed by atoms with Gasteiger partial charge < -0.3 is 64.2 Å². The fourth-order valence-corrected chi connectivity index (χ4v) is 7.58. The number of rotatable bonds is 38. The van der Waals surface area contributed by atoms with Gasteiger partial charge in [-0.3, -0.25) is 9.59 Å². The molecule has 0 aliphatic carbocycles. The van der Waals surface area contributed by atoms with Crippen LogP contribution in [0.3, 0.4) is 0 Å². The molecule has 15 heteroatoms. The molecule has 2 saturated heterocycles. The van der Waals surface area contributed by atoms with Crippen molar-refractivity contribution >= 4 is 11.9 Å². The third-order valence-corrected chi connectivity index (χ3v) is 11.8. The minimum atomic E-state index is -1.78. The lowest BCUT2D eigenvalue weighted by Crippen LogP contribution is -2.61. The zero-order valence-electron chi connectivity index (χ0n) is 40.2. The molecule has 2 heterocycles. The highest BCUT2D eigenvalue weighted by atomic mass is 16.7. The minimum absolute atomic E-state index is 0.0909. The molecule has 0 saturated carbocycles. The second-order valence-electron chi connectivity index (χ2n) is 17.6. The molecule has 0 radical (unpaired) electrons. The number of ether oxygens (including phenoxy) is 6. The Labute approximate surface area is 395 Å². The minimum Gasteiger partial charge on any atom is -0.462 e. The van der Waals surface area contributed by atoms with Crippen molar-refractivity contribution in [1.29, 1.82) is 0 Å². The van der Waals surface area contributed by atoms with Crippen molar-refractivity contribution in [1.82, 2.24) is 0 Å². The van der Waals surface area contributed by atoms with Crippen LogP contribution in [0, 0.1) is 0 Å². The highest BCUT2D eigenvalue weighted by Gasteiger charge is 2.47. The van der Waals surface area contributed by atoms with E-state index in [0.717, 1.165) is 57.8 Å². The van der Waals surface area contributed by atoms with Gasteiger partial charge in [-0.1, -0.05) is 133 Å². The number of aliphatic hydroxyl groups is 7. The summed E-state index contributed by atoms with van der Waals surface area (Å²) in [4.78, 5) is 25.7. The predicted octanol–water partition coefficient (Wildman–Crippen LogP) is 6.71. The maximum atomic E-state index is 13.0. The maximum absolute atomic E-state index is 13.0. The molecule has 0 aromatic carbocycles. The van der Waals surface area contributed by atoms with Gasteiger partial charge in [0.2, 0.25) is 0 Å². The first kappa shape index (κ1) is 59.6. The van der Waals surface area contributed by atoms with E-state index >= 15 is 0 Å².